The van der Waals surface area contributed by atoms with E-state index in [0.29, 0.717) is 25.4 Å². The number of hydrogen-bond acceptors (Lipinski definition) is 5. The molecule has 6 heteroatoms. The smallest absolute Gasteiger partial charge is 0.305 e. The molecule has 4 N–H and O–H groups in total. The summed E-state index contributed by atoms with van der Waals surface area (Å²) in [5.41, 5.74) is 1.24. The molecule has 0 spiro atoms. The third-order valence-electron chi connectivity index (χ3n) is 7.51. The largest absolute Gasteiger partial charge is 0.481 e. The molecule has 2 unspecified atom stereocenters. The molecule has 0 fully saturated rings. The zero-order chi connectivity index (χ0) is 23.9. The lowest BCUT2D eigenvalue weighted by Gasteiger charge is -2.44. The molecule has 2 aliphatic carbocycles. The molecule has 0 saturated heterocycles. The van der Waals surface area contributed by atoms with Crippen LogP contribution >= 0.6 is 0 Å². The molecule has 0 bridgehead atoms. The van der Waals surface area contributed by atoms with Crippen molar-refractivity contribution in [2.24, 2.45) is 23.2 Å². The van der Waals surface area contributed by atoms with Crippen LogP contribution in [0.15, 0.2) is 23.8 Å². The van der Waals surface area contributed by atoms with Crippen LogP contribution in [0.2, 0.25) is 0 Å². The van der Waals surface area contributed by atoms with E-state index >= 15 is 0 Å². The normalized spacial score (nSPS) is 31.3. The Morgan fingerprint density at radius 1 is 1.28 bits per heavy atom. The predicted octanol–water partition coefficient (Wildman–Crippen LogP) is 4.08. The van der Waals surface area contributed by atoms with Crippen molar-refractivity contribution in [3.8, 4) is 0 Å². The van der Waals surface area contributed by atoms with Crippen molar-refractivity contribution in [2.45, 2.75) is 103 Å². The van der Waals surface area contributed by atoms with Crippen LogP contribution in [0.5, 0.6) is 0 Å². The number of carboxylic acid groups (broad SMARTS) is 1. The second-order valence-corrected chi connectivity index (χ2v) is 10.4. The number of hydrogen-bond donors (Lipinski definition) is 4. The summed E-state index contributed by atoms with van der Waals surface area (Å²) in [6, 6.07) is 0. The van der Waals surface area contributed by atoms with Crippen LogP contribution < -0.4 is 0 Å². The van der Waals surface area contributed by atoms with E-state index in [-0.39, 0.29) is 36.2 Å². The van der Waals surface area contributed by atoms with E-state index in [9.17, 15) is 20.1 Å². The lowest BCUT2D eigenvalue weighted by Crippen LogP contribution is -2.43. The maximum atomic E-state index is 10.8. The van der Waals surface area contributed by atoms with E-state index in [1.807, 2.05) is 6.08 Å². The minimum atomic E-state index is -1.06. The number of rotatable bonds is 13. The zero-order valence-corrected chi connectivity index (χ0v) is 20.2. The van der Waals surface area contributed by atoms with Crippen molar-refractivity contribution in [3.63, 3.8) is 0 Å². The Hall–Kier alpha value is -1.21. The Morgan fingerprint density at radius 2 is 2.00 bits per heavy atom. The Kier molecular flexibility index (Phi) is 10.4. The minimum absolute atomic E-state index is 0.0696. The molecule has 0 aromatic rings. The van der Waals surface area contributed by atoms with Gasteiger partial charge < -0.3 is 25.2 Å². The molecule has 0 saturated carbocycles. The van der Waals surface area contributed by atoms with Gasteiger partial charge >= 0.3 is 5.97 Å². The molecule has 2 rings (SSSR count). The highest BCUT2D eigenvalue weighted by molar-refractivity contribution is 5.67. The molecular formula is C26H44O6. The third-order valence-corrected chi connectivity index (χ3v) is 7.51. The average Bonchev–Trinajstić information content (AvgIpc) is 2.71. The van der Waals surface area contributed by atoms with E-state index in [1.54, 1.807) is 0 Å². The maximum Gasteiger partial charge on any atom is 0.305 e. The van der Waals surface area contributed by atoms with Crippen molar-refractivity contribution in [2.75, 3.05) is 6.61 Å². The first kappa shape index (κ1) is 27.0. The molecule has 0 aliphatic heterocycles. The van der Waals surface area contributed by atoms with Gasteiger partial charge in [0.25, 0.3) is 0 Å². The minimum Gasteiger partial charge on any atom is -0.481 e. The van der Waals surface area contributed by atoms with Crippen molar-refractivity contribution in [1.82, 2.24) is 0 Å². The highest BCUT2D eigenvalue weighted by Crippen LogP contribution is 2.44. The SMILES string of the molecule is CCCC(C)(CC)CO[C@H]1C[C@H](O)C=C2C=C[C@@H](C)C(CC[C@@H](O)C[C@@H](O)CC(=O)O)[C@H]21. The van der Waals surface area contributed by atoms with Gasteiger partial charge in [-0.2, -0.15) is 0 Å². The van der Waals surface area contributed by atoms with E-state index < -0.39 is 24.3 Å². The number of carbonyl (C=O) groups is 1. The van der Waals surface area contributed by atoms with Crippen molar-refractivity contribution in [3.05, 3.63) is 23.8 Å². The molecule has 2 aliphatic rings. The van der Waals surface area contributed by atoms with Gasteiger partial charge in [0.2, 0.25) is 0 Å². The summed E-state index contributed by atoms with van der Waals surface area (Å²) >= 11 is 0. The summed E-state index contributed by atoms with van der Waals surface area (Å²) in [5.74, 6) is -0.331. The molecular weight excluding hydrogens is 408 g/mol. The average molecular weight is 453 g/mol. The van der Waals surface area contributed by atoms with Crippen molar-refractivity contribution >= 4 is 5.97 Å². The Balaban J connectivity index is 2.08. The van der Waals surface area contributed by atoms with Crippen molar-refractivity contribution < 1.29 is 30.0 Å². The van der Waals surface area contributed by atoms with Crippen molar-refractivity contribution in [1.29, 1.82) is 0 Å². The van der Waals surface area contributed by atoms with Gasteiger partial charge in [-0.1, -0.05) is 52.3 Å². The van der Waals surface area contributed by atoms with Crippen LogP contribution in [0.1, 0.15) is 79.1 Å². The molecule has 8 atom stereocenters. The van der Waals surface area contributed by atoms with Crippen LogP contribution in [0.3, 0.4) is 0 Å². The van der Waals surface area contributed by atoms with Gasteiger partial charge in [0, 0.05) is 12.3 Å². The predicted molar refractivity (Wildman–Crippen MR) is 125 cm³/mol. The topological polar surface area (TPSA) is 107 Å². The highest BCUT2D eigenvalue weighted by Gasteiger charge is 2.41. The Bertz CT molecular complexity index is 659. The van der Waals surface area contributed by atoms with Gasteiger partial charge in [-0.25, -0.2) is 0 Å². The second-order valence-electron chi connectivity index (χ2n) is 10.4. The number of carboxylic acids is 1. The first-order valence-corrected chi connectivity index (χ1v) is 12.4. The number of aliphatic hydroxyl groups is 3. The monoisotopic (exact) mass is 452 g/mol. The van der Waals surface area contributed by atoms with E-state index in [1.165, 1.54) is 0 Å². The van der Waals surface area contributed by atoms with Gasteiger partial charge in [-0.15, -0.1) is 0 Å². The number of aliphatic hydroxyl groups excluding tert-OH is 3. The number of allylic oxidation sites excluding steroid dienone is 2. The fourth-order valence-electron chi connectivity index (χ4n) is 5.40. The summed E-state index contributed by atoms with van der Waals surface area (Å²) in [6.45, 7) is 9.52. The van der Waals surface area contributed by atoms with Gasteiger partial charge in [0.15, 0.2) is 0 Å². The molecule has 32 heavy (non-hydrogen) atoms. The quantitative estimate of drug-likeness (QED) is 0.335. The third kappa shape index (κ3) is 7.68. The standard InChI is InChI=1S/C26H44O6/c1-5-11-26(4,6-2)16-32-23-14-20(28)12-18-8-7-17(3)22(25(18)23)10-9-19(27)13-21(29)15-24(30)31/h7-8,12,17,19-23,25,27-29H,5-6,9-11,13-16H2,1-4H3,(H,30,31)/t17-,19-,20-,21-,22?,23+,25+,26?/m1/s1. The van der Waals surface area contributed by atoms with Crippen LogP contribution in [0, 0.1) is 23.2 Å². The Morgan fingerprint density at radius 3 is 2.62 bits per heavy atom. The van der Waals surface area contributed by atoms with Gasteiger partial charge in [-0.3, -0.25) is 4.79 Å². The lowest BCUT2D eigenvalue weighted by molar-refractivity contribution is -0.139. The number of ether oxygens (including phenoxy) is 1. The highest BCUT2D eigenvalue weighted by atomic mass is 16.5. The molecule has 0 radical (unpaired) electrons. The van der Waals surface area contributed by atoms with E-state index in [4.69, 9.17) is 9.84 Å². The van der Waals surface area contributed by atoms with Gasteiger partial charge in [-0.05, 0) is 54.9 Å². The Labute approximate surface area is 193 Å². The first-order chi connectivity index (χ1) is 15.1. The van der Waals surface area contributed by atoms with Crippen LogP contribution in [-0.2, 0) is 9.53 Å². The first-order valence-electron chi connectivity index (χ1n) is 12.4. The fraction of sp³-hybridized carbons (Fsp3) is 0.808. The summed E-state index contributed by atoms with van der Waals surface area (Å²) in [5, 5.41) is 39.5. The van der Waals surface area contributed by atoms with Crippen LogP contribution in [-0.4, -0.2) is 57.4 Å². The summed E-state index contributed by atoms with van der Waals surface area (Å²) < 4.78 is 6.52. The summed E-state index contributed by atoms with van der Waals surface area (Å²) in [6.07, 6.45) is 8.70. The zero-order valence-electron chi connectivity index (χ0n) is 20.2. The molecule has 0 heterocycles. The molecule has 0 aromatic heterocycles. The summed E-state index contributed by atoms with van der Waals surface area (Å²) in [7, 11) is 0. The van der Waals surface area contributed by atoms with Crippen LogP contribution in [0.4, 0.5) is 0 Å². The van der Waals surface area contributed by atoms with Gasteiger partial charge in [0.1, 0.15) is 0 Å². The van der Waals surface area contributed by atoms with Gasteiger partial charge in [0.05, 0.1) is 37.4 Å². The second kappa shape index (κ2) is 12.3. The molecule has 0 amide bonds. The molecule has 184 valence electrons. The van der Waals surface area contributed by atoms with E-state index in [0.717, 1.165) is 31.3 Å². The van der Waals surface area contributed by atoms with E-state index in [2.05, 4.69) is 39.8 Å². The number of aliphatic carboxylic acids is 1. The molecule has 0 aromatic carbocycles. The maximum absolute atomic E-state index is 10.8. The fourth-order valence-corrected chi connectivity index (χ4v) is 5.40. The molecule has 6 nitrogen and oxygen atoms in total. The summed E-state index contributed by atoms with van der Waals surface area (Å²) in [4.78, 5) is 10.8. The number of fused-ring (bicyclic) bond motifs is 1. The van der Waals surface area contributed by atoms with Crippen LogP contribution in [0.25, 0.3) is 0 Å². The lowest BCUT2D eigenvalue weighted by atomic mass is 9.66.